The molecule has 1 heterocycles. The lowest BCUT2D eigenvalue weighted by molar-refractivity contribution is -0.124. The maximum atomic E-state index is 11.1. The molecule has 58 valence electrons. The number of nitrogens with one attached hydrogen (secondary N) is 1. The monoisotopic (exact) mass is 142 g/mol. The Labute approximate surface area is 61.4 Å². The van der Waals surface area contributed by atoms with Crippen LogP contribution in [-0.4, -0.2) is 37.5 Å². The third-order valence-electron chi connectivity index (χ3n) is 2.07. The number of amides is 1. The number of hydrogen-bond donors (Lipinski definition) is 1. The Balaban J connectivity index is 2.46. The van der Waals surface area contributed by atoms with Crippen molar-refractivity contribution in [2.75, 3.05) is 20.6 Å². The fraction of sp³-hybridized carbons (Fsp3) is 0.857. The third-order valence-corrected chi connectivity index (χ3v) is 2.07. The Morgan fingerprint density at radius 1 is 1.70 bits per heavy atom. The second-order valence-corrected chi connectivity index (χ2v) is 2.75. The molecule has 3 nitrogen and oxygen atoms in total. The highest BCUT2D eigenvalue weighted by Gasteiger charge is 2.26. The molecule has 1 amide bonds. The predicted molar refractivity (Wildman–Crippen MR) is 39.7 cm³/mol. The van der Waals surface area contributed by atoms with E-state index in [-0.39, 0.29) is 11.9 Å². The van der Waals surface area contributed by atoms with Gasteiger partial charge in [0.25, 0.3) is 0 Å². The largest absolute Gasteiger partial charge is 0.358 e. The van der Waals surface area contributed by atoms with E-state index in [2.05, 4.69) is 10.2 Å². The zero-order chi connectivity index (χ0) is 7.56. The van der Waals surface area contributed by atoms with E-state index in [4.69, 9.17) is 0 Å². The standard InChI is InChI=1S/C7H14N2O/c1-8-7(10)6-4-3-5-9(6)2/h6H,3-5H2,1-2H3,(H,8,10)/t6-/m1/s1. The lowest BCUT2D eigenvalue weighted by Crippen LogP contribution is -2.39. The van der Waals surface area contributed by atoms with Crippen LogP contribution in [0, 0.1) is 0 Å². The van der Waals surface area contributed by atoms with Crippen molar-refractivity contribution in [1.29, 1.82) is 0 Å². The summed E-state index contributed by atoms with van der Waals surface area (Å²) in [5.41, 5.74) is 0. The molecule has 0 bridgehead atoms. The van der Waals surface area contributed by atoms with E-state index < -0.39 is 0 Å². The highest BCUT2D eigenvalue weighted by molar-refractivity contribution is 5.81. The van der Waals surface area contributed by atoms with Gasteiger partial charge in [-0.1, -0.05) is 0 Å². The number of carbonyl (C=O) groups excluding carboxylic acids is 1. The molecule has 1 saturated heterocycles. The van der Waals surface area contributed by atoms with Crippen LogP contribution >= 0.6 is 0 Å². The van der Waals surface area contributed by atoms with E-state index in [1.54, 1.807) is 7.05 Å². The Hall–Kier alpha value is -0.570. The smallest absolute Gasteiger partial charge is 0.237 e. The lowest BCUT2D eigenvalue weighted by Gasteiger charge is -2.16. The first-order chi connectivity index (χ1) is 4.75. The Morgan fingerprint density at radius 2 is 2.40 bits per heavy atom. The average molecular weight is 142 g/mol. The molecule has 0 aliphatic carbocycles. The summed E-state index contributed by atoms with van der Waals surface area (Å²) >= 11 is 0. The first-order valence-corrected chi connectivity index (χ1v) is 3.67. The maximum Gasteiger partial charge on any atom is 0.237 e. The summed E-state index contributed by atoms with van der Waals surface area (Å²) in [6.45, 7) is 1.05. The molecule has 0 unspecified atom stereocenters. The average Bonchev–Trinajstić information content (AvgIpc) is 2.34. The van der Waals surface area contributed by atoms with Gasteiger partial charge in [-0.25, -0.2) is 0 Å². The molecular weight excluding hydrogens is 128 g/mol. The number of carbonyl (C=O) groups is 1. The van der Waals surface area contributed by atoms with E-state index in [1.165, 1.54) is 0 Å². The van der Waals surface area contributed by atoms with Crippen LogP contribution in [0.15, 0.2) is 0 Å². The van der Waals surface area contributed by atoms with Gasteiger partial charge in [-0.15, -0.1) is 0 Å². The molecule has 0 saturated carbocycles. The van der Waals surface area contributed by atoms with Crippen LogP contribution in [0.1, 0.15) is 12.8 Å². The molecule has 1 N–H and O–H groups in total. The molecular formula is C7H14N2O. The van der Waals surface area contributed by atoms with Gasteiger partial charge < -0.3 is 5.32 Å². The minimum Gasteiger partial charge on any atom is -0.358 e. The Morgan fingerprint density at radius 3 is 2.80 bits per heavy atom. The van der Waals surface area contributed by atoms with Gasteiger partial charge in [-0.3, -0.25) is 9.69 Å². The van der Waals surface area contributed by atoms with Crippen LogP contribution in [0.25, 0.3) is 0 Å². The lowest BCUT2D eigenvalue weighted by atomic mass is 10.2. The summed E-state index contributed by atoms with van der Waals surface area (Å²) in [4.78, 5) is 13.2. The van der Waals surface area contributed by atoms with Crippen molar-refractivity contribution in [2.45, 2.75) is 18.9 Å². The van der Waals surface area contributed by atoms with Crippen LogP contribution in [-0.2, 0) is 4.79 Å². The third kappa shape index (κ3) is 1.29. The van der Waals surface area contributed by atoms with Gasteiger partial charge in [0.1, 0.15) is 0 Å². The molecule has 0 spiro atoms. The van der Waals surface area contributed by atoms with Gasteiger partial charge in [-0.05, 0) is 26.4 Å². The first kappa shape index (κ1) is 7.54. The molecule has 0 radical (unpaired) electrons. The highest BCUT2D eigenvalue weighted by atomic mass is 16.2. The van der Waals surface area contributed by atoms with Crippen LogP contribution in [0.4, 0.5) is 0 Å². The van der Waals surface area contributed by atoms with Gasteiger partial charge in [0.05, 0.1) is 6.04 Å². The first-order valence-electron chi connectivity index (χ1n) is 3.67. The fourth-order valence-corrected chi connectivity index (χ4v) is 1.41. The number of hydrogen-bond acceptors (Lipinski definition) is 2. The minimum absolute atomic E-state index is 0.130. The molecule has 1 fully saturated rings. The van der Waals surface area contributed by atoms with Gasteiger partial charge in [0.15, 0.2) is 0 Å². The fourth-order valence-electron chi connectivity index (χ4n) is 1.41. The van der Waals surface area contributed by atoms with Crippen LogP contribution < -0.4 is 5.32 Å². The van der Waals surface area contributed by atoms with E-state index in [1.807, 2.05) is 7.05 Å². The summed E-state index contributed by atoms with van der Waals surface area (Å²) in [6, 6.07) is 0.130. The maximum absolute atomic E-state index is 11.1. The predicted octanol–water partition coefficient (Wildman–Crippen LogP) is -0.173. The summed E-state index contributed by atoms with van der Waals surface area (Å²) < 4.78 is 0. The van der Waals surface area contributed by atoms with Gasteiger partial charge in [0, 0.05) is 7.05 Å². The van der Waals surface area contributed by atoms with Crippen molar-refractivity contribution in [2.24, 2.45) is 0 Å². The summed E-state index contributed by atoms with van der Waals surface area (Å²) in [6.07, 6.45) is 2.16. The highest BCUT2D eigenvalue weighted by Crippen LogP contribution is 2.13. The van der Waals surface area contributed by atoms with E-state index in [0.29, 0.717) is 0 Å². The zero-order valence-corrected chi connectivity index (χ0v) is 6.55. The number of nitrogens with zero attached hydrogens (tertiary/aromatic N) is 1. The Bertz CT molecular complexity index is 136. The molecule has 10 heavy (non-hydrogen) atoms. The molecule has 3 heteroatoms. The summed E-state index contributed by atoms with van der Waals surface area (Å²) in [7, 11) is 3.68. The molecule has 1 atom stereocenters. The van der Waals surface area contributed by atoms with E-state index in [9.17, 15) is 4.79 Å². The summed E-state index contributed by atoms with van der Waals surface area (Å²) in [5, 5.41) is 2.66. The molecule has 0 aromatic rings. The molecule has 0 aromatic carbocycles. The van der Waals surface area contributed by atoms with Crippen molar-refractivity contribution in [3.63, 3.8) is 0 Å². The van der Waals surface area contributed by atoms with E-state index in [0.717, 1.165) is 19.4 Å². The van der Waals surface area contributed by atoms with Gasteiger partial charge >= 0.3 is 0 Å². The Kier molecular flexibility index (Phi) is 2.27. The normalized spacial score (nSPS) is 26.8. The number of likely N-dealkylation sites (N-methyl/N-ethyl adjacent to an activating group) is 2. The molecule has 1 aliphatic rings. The summed E-state index contributed by atoms with van der Waals surface area (Å²) in [5.74, 6) is 0.153. The number of likely N-dealkylation sites (tertiary alicyclic amines) is 1. The van der Waals surface area contributed by atoms with Crippen LogP contribution in [0.5, 0.6) is 0 Å². The zero-order valence-electron chi connectivity index (χ0n) is 6.55. The number of rotatable bonds is 1. The van der Waals surface area contributed by atoms with Gasteiger partial charge in [0.2, 0.25) is 5.91 Å². The molecule has 1 rings (SSSR count). The minimum atomic E-state index is 0.130. The van der Waals surface area contributed by atoms with Gasteiger partial charge in [-0.2, -0.15) is 0 Å². The quantitative estimate of drug-likeness (QED) is 0.551. The molecule has 1 aliphatic heterocycles. The van der Waals surface area contributed by atoms with Crippen molar-refractivity contribution in [3.05, 3.63) is 0 Å². The topological polar surface area (TPSA) is 32.3 Å². The van der Waals surface area contributed by atoms with Crippen molar-refractivity contribution >= 4 is 5.91 Å². The van der Waals surface area contributed by atoms with Crippen LogP contribution in [0.3, 0.4) is 0 Å². The van der Waals surface area contributed by atoms with Crippen molar-refractivity contribution < 1.29 is 4.79 Å². The van der Waals surface area contributed by atoms with E-state index >= 15 is 0 Å². The van der Waals surface area contributed by atoms with Crippen molar-refractivity contribution in [3.8, 4) is 0 Å². The van der Waals surface area contributed by atoms with Crippen LogP contribution in [0.2, 0.25) is 0 Å². The SMILES string of the molecule is CNC(=O)[C@H]1CCCN1C. The molecule has 0 aromatic heterocycles. The second kappa shape index (κ2) is 3.01. The second-order valence-electron chi connectivity index (χ2n) is 2.75. The van der Waals surface area contributed by atoms with Crippen molar-refractivity contribution in [1.82, 2.24) is 10.2 Å².